The third-order valence-corrected chi connectivity index (χ3v) is 12.3. The number of rotatable bonds is 7. The average Bonchev–Trinajstić information content (AvgIpc) is 3.71. The molecule has 1 N–H and O–H groups in total. The van der Waals surface area contributed by atoms with Gasteiger partial charge in [-0.1, -0.05) is 25.1 Å². The number of hydrogen-bond acceptors (Lipinski definition) is 6. The molecule has 6 nitrogen and oxygen atoms in total. The molecule has 5 aliphatic carbocycles. The molecule has 6 heteroatoms. The normalized spacial score (nSPS) is 40.1. The Morgan fingerprint density at radius 1 is 1.08 bits per heavy atom. The van der Waals surface area contributed by atoms with E-state index in [1.165, 1.54) is 30.5 Å². The maximum atomic E-state index is 12.4. The molecule has 1 saturated heterocycles. The predicted molar refractivity (Wildman–Crippen MR) is 148 cm³/mol. The Morgan fingerprint density at radius 3 is 2.67 bits per heavy atom. The van der Waals surface area contributed by atoms with Crippen LogP contribution in [0.5, 0.6) is 17.2 Å². The van der Waals surface area contributed by atoms with E-state index < -0.39 is 17.1 Å². The van der Waals surface area contributed by atoms with Gasteiger partial charge in [0, 0.05) is 41.5 Å². The van der Waals surface area contributed by atoms with Crippen LogP contribution in [0.4, 0.5) is 0 Å². The summed E-state index contributed by atoms with van der Waals surface area (Å²) in [6, 6.07) is 12.8. The van der Waals surface area contributed by atoms with Crippen molar-refractivity contribution in [3.8, 4) is 17.2 Å². The highest BCUT2D eigenvalue weighted by Crippen LogP contribution is 2.80. The highest BCUT2D eigenvalue weighted by Gasteiger charge is 2.84. The van der Waals surface area contributed by atoms with E-state index in [-0.39, 0.29) is 16.9 Å². The van der Waals surface area contributed by atoms with Crippen molar-refractivity contribution in [2.75, 3.05) is 34.4 Å². The van der Waals surface area contributed by atoms with Gasteiger partial charge in [-0.25, -0.2) is 0 Å². The van der Waals surface area contributed by atoms with Crippen LogP contribution in [0.15, 0.2) is 36.4 Å². The smallest absolute Gasteiger partial charge is 0.165 e. The van der Waals surface area contributed by atoms with E-state index in [1.807, 2.05) is 31.4 Å². The lowest BCUT2D eigenvalue weighted by atomic mass is 9.31. The summed E-state index contributed by atoms with van der Waals surface area (Å²) in [4.78, 5) is 2.84. The topological polar surface area (TPSA) is 60.4 Å². The molecule has 2 aromatic rings. The molecule has 1 unspecified atom stereocenters. The number of fused-ring (bicyclic) bond motifs is 2. The fourth-order valence-corrected chi connectivity index (χ4v) is 10.5. The van der Waals surface area contributed by atoms with Gasteiger partial charge in [0.2, 0.25) is 0 Å². The van der Waals surface area contributed by atoms with Crippen LogP contribution in [-0.4, -0.2) is 62.2 Å². The highest BCUT2D eigenvalue weighted by atomic mass is 16.6. The molecule has 7 atom stereocenters. The number of hydrogen-bond donors (Lipinski definition) is 1. The third kappa shape index (κ3) is 2.74. The van der Waals surface area contributed by atoms with Crippen molar-refractivity contribution in [2.24, 2.45) is 16.7 Å². The summed E-state index contributed by atoms with van der Waals surface area (Å²) in [6.07, 6.45) is 6.86. The molecule has 0 radical (unpaired) electrons. The summed E-state index contributed by atoms with van der Waals surface area (Å²) >= 11 is 0. The van der Waals surface area contributed by atoms with Crippen molar-refractivity contribution >= 4 is 0 Å². The van der Waals surface area contributed by atoms with Crippen LogP contribution in [-0.2, 0) is 16.6 Å². The molecule has 39 heavy (non-hydrogen) atoms. The van der Waals surface area contributed by atoms with Crippen molar-refractivity contribution < 1.29 is 24.1 Å². The van der Waals surface area contributed by atoms with Crippen LogP contribution in [0.3, 0.4) is 0 Å². The van der Waals surface area contributed by atoms with E-state index in [2.05, 4.69) is 24.0 Å². The molecule has 7 aliphatic rings. The zero-order chi connectivity index (χ0) is 26.8. The van der Waals surface area contributed by atoms with E-state index in [1.54, 1.807) is 14.2 Å². The number of nitrogens with zero attached hydrogens (tertiary/aromatic N) is 1. The van der Waals surface area contributed by atoms with Gasteiger partial charge in [0.05, 0.1) is 20.3 Å². The monoisotopic (exact) mass is 531 g/mol. The van der Waals surface area contributed by atoms with Gasteiger partial charge in [-0.3, -0.25) is 4.90 Å². The summed E-state index contributed by atoms with van der Waals surface area (Å²) in [5, 5.41) is 12.4. The number of ether oxygens (including phenoxy) is 4. The van der Waals surface area contributed by atoms with E-state index in [0.717, 1.165) is 67.4 Å². The Morgan fingerprint density at radius 2 is 1.92 bits per heavy atom. The molecule has 4 saturated carbocycles. The molecular weight excluding hydrogens is 490 g/mol. The van der Waals surface area contributed by atoms with Gasteiger partial charge in [-0.15, -0.1) is 0 Å². The summed E-state index contributed by atoms with van der Waals surface area (Å²) < 4.78 is 25.4. The summed E-state index contributed by atoms with van der Waals surface area (Å²) in [5.41, 5.74) is 2.40. The Hall–Kier alpha value is -2.28. The van der Waals surface area contributed by atoms with Gasteiger partial charge in [0.25, 0.3) is 0 Å². The zero-order valence-corrected chi connectivity index (χ0v) is 23.7. The van der Waals surface area contributed by atoms with Crippen LogP contribution in [0.2, 0.25) is 0 Å². The van der Waals surface area contributed by atoms with Crippen molar-refractivity contribution in [1.82, 2.24) is 4.90 Å². The Bertz CT molecular complexity index is 1340. The number of piperidine rings is 1. The molecule has 208 valence electrons. The van der Waals surface area contributed by atoms with Crippen LogP contribution < -0.4 is 14.2 Å². The van der Waals surface area contributed by atoms with Crippen LogP contribution in [0, 0.1) is 16.7 Å². The molecule has 2 spiro atoms. The molecule has 0 amide bonds. The Labute approximate surface area is 231 Å². The molecule has 2 aliphatic heterocycles. The Balaban J connectivity index is 1.35. The fourth-order valence-electron chi connectivity index (χ4n) is 10.5. The molecule has 2 aromatic carbocycles. The molecule has 2 heterocycles. The number of aliphatic hydroxyl groups is 1. The van der Waals surface area contributed by atoms with Crippen LogP contribution in [0.1, 0.15) is 68.2 Å². The predicted octanol–water partition coefficient (Wildman–Crippen LogP) is 5.05. The summed E-state index contributed by atoms with van der Waals surface area (Å²) in [6.45, 7) is 4.58. The molecule has 9 rings (SSSR count). The first-order valence-electron chi connectivity index (χ1n) is 14.9. The minimum absolute atomic E-state index is 0.00426. The largest absolute Gasteiger partial charge is 0.497 e. The Kier molecular flexibility index (Phi) is 4.98. The molecule has 5 fully saturated rings. The van der Waals surface area contributed by atoms with E-state index in [4.69, 9.17) is 18.9 Å². The molecular formula is C33H41NO5. The zero-order valence-electron chi connectivity index (χ0n) is 23.7. The first-order valence-corrected chi connectivity index (χ1v) is 14.9. The van der Waals surface area contributed by atoms with Gasteiger partial charge >= 0.3 is 0 Å². The number of aliphatic hydroxyl groups excluding tert-OH is 1. The van der Waals surface area contributed by atoms with Crippen LogP contribution >= 0.6 is 0 Å². The van der Waals surface area contributed by atoms with Gasteiger partial charge in [-0.05, 0) is 86.7 Å². The average molecular weight is 532 g/mol. The summed E-state index contributed by atoms with van der Waals surface area (Å²) in [5.74, 6) is 3.37. The standard InChI is InChI=1S/C33H41NO5/c1-30(28(35)22-6-5-7-23(16-22)36-2)19-31-12-13-33(30,38-4)29-32(31)14-15-34(18-20-8-9-20)25(31)17-21-10-11-24(37-3)27(39-29)26(21)32/h5-7,10-11,16,20,25,28-29,35H,8-9,12-15,17-19H2,1-4H3/t25-,28?,29-,30-,31-,32+,33+/m1/s1. The molecule has 4 bridgehead atoms. The second-order valence-electron chi connectivity index (χ2n) is 13.5. The minimum atomic E-state index is -0.713. The van der Waals surface area contributed by atoms with Crippen molar-refractivity contribution in [1.29, 1.82) is 0 Å². The quantitative estimate of drug-likeness (QED) is 0.540. The van der Waals surface area contributed by atoms with E-state index >= 15 is 0 Å². The SMILES string of the molecule is COc1cccc(C(O)[C@@]2(C)C[C@@]34CC[C@]2(OC)[C@@H]2Oc5c(OC)ccc6c5[C@@]23CCN(CC2CC2)[C@@H]4C6)c1. The lowest BCUT2D eigenvalue weighted by Crippen LogP contribution is -2.83. The van der Waals surface area contributed by atoms with Gasteiger partial charge in [0.15, 0.2) is 11.5 Å². The first kappa shape index (κ1) is 24.5. The first-order chi connectivity index (χ1) is 18.9. The van der Waals surface area contributed by atoms with Gasteiger partial charge < -0.3 is 24.1 Å². The second-order valence-corrected chi connectivity index (χ2v) is 13.5. The summed E-state index contributed by atoms with van der Waals surface area (Å²) in [7, 11) is 5.28. The number of likely N-dealkylation sites (tertiary alicyclic amines) is 1. The van der Waals surface area contributed by atoms with Gasteiger partial charge in [0.1, 0.15) is 17.5 Å². The number of methoxy groups -OCH3 is 3. The van der Waals surface area contributed by atoms with E-state index in [0.29, 0.717) is 6.04 Å². The third-order valence-electron chi connectivity index (χ3n) is 12.3. The number of benzene rings is 2. The fraction of sp³-hybridized carbons (Fsp3) is 0.636. The van der Waals surface area contributed by atoms with Crippen molar-refractivity contribution in [3.05, 3.63) is 53.1 Å². The second kappa shape index (κ2) is 7.92. The molecule has 0 aromatic heterocycles. The maximum Gasteiger partial charge on any atom is 0.165 e. The van der Waals surface area contributed by atoms with Crippen molar-refractivity contribution in [3.63, 3.8) is 0 Å². The van der Waals surface area contributed by atoms with Crippen LogP contribution in [0.25, 0.3) is 0 Å². The lowest BCUT2D eigenvalue weighted by molar-refractivity contribution is -0.324. The minimum Gasteiger partial charge on any atom is -0.497 e. The highest BCUT2D eigenvalue weighted by molar-refractivity contribution is 5.64. The van der Waals surface area contributed by atoms with E-state index in [9.17, 15) is 5.11 Å². The van der Waals surface area contributed by atoms with Gasteiger partial charge in [-0.2, -0.15) is 0 Å². The maximum absolute atomic E-state index is 12.4. The lowest BCUT2D eigenvalue weighted by Gasteiger charge is -2.76. The van der Waals surface area contributed by atoms with Crippen molar-refractivity contribution in [2.45, 2.75) is 81.1 Å².